The Morgan fingerprint density at radius 3 is 2.33 bits per heavy atom. The van der Waals surface area contributed by atoms with Crippen LogP contribution in [0.1, 0.15) is 47.0 Å². The maximum atomic E-state index is 5.42. The zero-order valence-corrected chi connectivity index (χ0v) is 13.0. The zero-order valence-electron chi connectivity index (χ0n) is 13.0. The third-order valence-corrected chi connectivity index (χ3v) is 4.10. The van der Waals surface area contributed by atoms with Gasteiger partial charge in [0.1, 0.15) is 0 Å². The van der Waals surface area contributed by atoms with E-state index >= 15 is 0 Å². The lowest BCUT2D eigenvalue weighted by molar-refractivity contribution is 0.0388. The van der Waals surface area contributed by atoms with Crippen LogP contribution in [0.2, 0.25) is 0 Å². The fourth-order valence-electron chi connectivity index (χ4n) is 2.77. The van der Waals surface area contributed by atoms with Gasteiger partial charge in [-0.1, -0.05) is 27.7 Å². The van der Waals surface area contributed by atoms with E-state index in [-0.39, 0.29) is 0 Å². The molecule has 1 unspecified atom stereocenters. The lowest BCUT2D eigenvalue weighted by atomic mass is 9.84. The summed E-state index contributed by atoms with van der Waals surface area (Å²) in [6.45, 7) is 13.9. The van der Waals surface area contributed by atoms with Gasteiger partial charge in [-0.05, 0) is 37.8 Å². The summed E-state index contributed by atoms with van der Waals surface area (Å²) in [7, 11) is 1.83. The van der Waals surface area contributed by atoms with Crippen LogP contribution in [0.5, 0.6) is 0 Å². The molecule has 0 spiro atoms. The summed E-state index contributed by atoms with van der Waals surface area (Å²) in [5, 5.41) is 3.63. The summed E-state index contributed by atoms with van der Waals surface area (Å²) < 4.78 is 5.42. The Morgan fingerprint density at radius 1 is 1.28 bits per heavy atom. The van der Waals surface area contributed by atoms with E-state index in [0.717, 1.165) is 6.54 Å². The van der Waals surface area contributed by atoms with E-state index in [1.54, 1.807) is 0 Å². The second-order valence-corrected chi connectivity index (χ2v) is 6.54. The van der Waals surface area contributed by atoms with E-state index in [9.17, 15) is 0 Å². The van der Waals surface area contributed by atoms with Gasteiger partial charge in [0.05, 0.1) is 6.10 Å². The van der Waals surface area contributed by atoms with E-state index in [0.29, 0.717) is 17.6 Å². The summed E-state index contributed by atoms with van der Waals surface area (Å²) in [5.41, 5.74) is 0.348. The van der Waals surface area contributed by atoms with E-state index in [4.69, 9.17) is 4.74 Å². The molecule has 18 heavy (non-hydrogen) atoms. The first-order chi connectivity index (χ1) is 8.47. The molecule has 108 valence electrons. The van der Waals surface area contributed by atoms with Gasteiger partial charge in [-0.2, -0.15) is 0 Å². The number of hydrogen-bond donors (Lipinski definition) is 1. The van der Waals surface area contributed by atoms with Crippen LogP contribution in [0.3, 0.4) is 0 Å². The molecule has 0 aromatic heterocycles. The molecule has 1 aliphatic heterocycles. The summed E-state index contributed by atoms with van der Waals surface area (Å²) in [5.74, 6) is 0. The van der Waals surface area contributed by atoms with Crippen molar-refractivity contribution < 1.29 is 4.74 Å². The minimum Gasteiger partial charge on any atom is -0.381 e. The van der Waals surface area contributed by atoms with Gasteiger partial charge >= 0.3 is 0 Å². The molecule has 1 aliphatic rings. The maximum absolute atomic E-state index is 5.42. The molecule has 1 rings (SSSR count). The van der Waals surface area contributed by atoms with Crippen LogP contribution < -0.4 is 5.32 Å². The first-order valence-electron chi connectivity index (χ1n) is 7.46. The van der Waals surface area contributed by atoms with Gasteiger partial charge in [0.2, 0.25) is 0 Å². The van der Waals surface area contributed by atoms with Crippen LogP contribution >= 0.6 is 0 Å². The molecule has 0 bridgehead atoms. The topological polar surface area (TPSA) is 24.5 Å². The summed E-state index contributed by atoms with van der Waals surface area (Å²) in [6.07, 6.45) is 4.12. The van der Waals surface area contributed by atoms with E-state index in [2.05, 4.69) is 37.9 Å². The SMILES string of the molecule is CCNC(CCN1CCC(OC)CC1)C(C)(C)C. The highest BCUT2D eigenvalue weighted by Gasteiger charge is 2.25. The second-order valence-electron chi connectivity index (χ2n) is 6.54. The average Bonchev–Trinajstić information content (AvgIpc) is 2.33. The van der Waals surface area contributed by atoms with Crippen LogP contribution in [-0.2, 0) is 4.74 Å². The molecule has 0 saturated carbocycles. The number of ether oxygens (including phenoxy) is 1. The van der Waals surface area contributed by atoms with Crippen molar-refractivity contribution in [2.75, 3.05) is 33.3 Å². The molecule has 0 aromatic rings. The highest BCUT2D eigenvalue weighted by Crippen LogP contribution is 2.23. The van der Waals surface area contributed by atoms with E-state index in [1.807, 2.05) is 7.11 Å². The standard InChI is InChI=1S/C15H32N2O/c1-6-16-14(15(2,3)4)9-12-17-10-7-13(18-5)8-11-17/h13-14,16H,6-12H2,1-5H3. The number of methoxy groups -OCH3 is 1. The Labute approximate surface area is 113 Å². The van der Waals surface area contributed by atoms with Crippen molar-refractivity contribution in [1.29, 1.82) is 0 Å². The molecular weight excluding hydrogens is 224 g/mol. The molecule has 3 nitrogen and oxygen atoms in total. The monoisotopic (exact) mass is 256 g/mol. The smallest absolute Gasteiger partial charge is 0.0595 e. The fourth-order valence-corrected chi connectivity index (χ4v) is 2.77. The quantitative estimate of drug-likeness (QED) is 0.790. The molecular formula is C15H32N2O. The van der Waals surface area contributed by atoms with Gasteiger partial charge in [0, 0.05) is 26.2 Å². The molecule has 1 saturated heterocycles. The van der Waals surface area contributed by atoms with Gasteiger partial charge in [0.25, 0.3) is 0 Å². The van der Waals surface area contributed by atoms with Crippen molar-refractivity contribution in [2.24, 2.45) is 5.41 Å². The van der Waals surface area contributed by atoms with E-state index < -0.39 is 0 Å². The molecule has 0 radical (unpaired) electrons. The Balaban J connectivity index is 2.30. The molecule has 0 amide bonds. The molecule has 1 heterocycles. The summed E-state index contributed by atoms with van der Waals surface area (Å²) >= 11 is 0. The minimum atomic E-state index is 0.348. The van der Waals surface area contributed by atoms with Crippen molar-refractivity contribution in [3.8, 4) is 0 Å². The Bertz CT molecular complexity index is 217. The second kappa shape index (κ2) is 7.46. The van der Waals surface area contributed by atoms with Gasteiger partial charge in [0.15, 0.2) is 0 Å². The van der Waals surface area contributed by atoms with Crippen LogP contribution in [0.15, 0.2) is 0 Å². The number of hydrogen-bond acceptors (Lipinski definition) is 3. The van der Waals surface area contributed by atoms with Crippen LogP contribution in [0.4, 0.5) is 0 Å². The Kier molecular flexibility index (Phi) is 6.61. The molecule has 0 aliphatic carbocycles. The third-order valence-electron chi connectivity index (χ3n) is 4.10. The Morgan fingerprint density at radius 2 is 1.89 bits per heavy atom. The lowest BCUT2D eigenvalue weighted by Crippen LogP contribution is -2.44. The van der Waals surface area contributed by atoms with Crippen molar-refractivity contribution in [2.45, 2.75) is 59.1 Å². The number of nitrogens with one attached hydrogen (secondary N) is 1. The summed E-state index contributed by atoms with van der Waals surface area (Å²) in [4.78, 5) is 2.59. The first kappa shape index (κ1) is 15.9. The predicted octanol–water partition coefficient (Wildman–Crippen LogP) is 2.51. The highest BCUT2D eigenvalue weighted by atomic mass is 16.5. The molecule has 1 N–H and O–H groups in total. The molecule has 1 atom stereocenters. The molecule has 0 aromatic carbocycles. The largest absolute Gasteiger partial charge is 0.381 e. The van der Waals surface area contributed by atoms with Crippen molar-refractivity contribution >= 4 is 0 Å². The fraction of sp³-hybridized carbons (Fsp3) is 1.00. The molecule has 1 fully saturated rings. The third kappa shape index (κ3) is 5.25. The van der Waals surface area contributed by atoms with Crippen LogP contribution in [-0.4, -0.2) is 50.3 Å². The van der Waals surface area contributed by atoms with Crippen LogP contribution in [0.25, 0.3) is 0 Å². The van der Waals surface area contributed by atoms with Gasteiger partial charge in [-0.15, -0.1) is 0 Å². The number of rotatable bonds is 6. The minimum absolute atomic E-state index is 0.348. The molecule has 3 heteroatoms. The number of piperidine rings is 1. The first-order valence-corrected chi connectivity index (χ1v) is 7.46. The normalized spacial score (nSPS) is 21.2. The van der Waals surface area contributed by atoms with Gasteiger partial charge in [-0.25, -0.2) is 0 Å². The van der Waals surface area contributed by atoms with Gasteiger partial charge in [-0.3, -0.25) is 0 Å². The van der Waals surface area contributed by atoms with Crippen molar-refractivity contribution in [3.63, 3.8) is 0 Å². The zero-order chi connectivity index (χ0) is 13.6. The van der Waals surface area contributed by atoms with Crippen LogP contribution in [0, 0.1) is 5.41 Å². The average molecular weight is 256 g/mol. The predicted molar refractivity (Wildman–Crippen MR) is 78.0 cm³/mol. The number of nitrogens with zero attached hydrogens (tertiary/aromatic N) is 1. The maximum Gasteiger partial charge on any atom is 0.0595 e. The summed E-state index contributed by atoms with van der Waals surface area (Å²) in [6, 6.07) is 0.614. The van der Waals surface area contributed by atoms with E-state index in [1.165, 1.54) is 38.9 Å². The van der Waals surface area contributed by atoms with Crippen molar-refractivity contribution in [1.82, 2.24) is 10.2 Å². The lowest BCUT2D eigenvalue weighted by Gasteiger charge is -2.36. The number of likely N-dealkylation sites (tertiary alicyclic amines) is 1. The van der Waals surface area contributed by atoms with Crippen molar-refractivity contribution in [3.05, 3.63) is 0 Å². The van der Waals surface area contributed by atoms with Gasteiger partial charge < -0.3 is 15.0 Å². The Hall–Kier alpha value is -0.120. The highest BCUT2D eigenvalue weighted by molar-refractivity contribution is 4.82.